The Balaban J connectivity index is 1.90. The molecule has 3 rings (SSSR count). The number of anilines is 1. The fourth-order valence-corrected chi connectivity index (χ4v) is 2.21. The summed E-state index contributed by atoms with van der Waals surface area (Å²) in [7, 11) is 0. The highest BCUT2D eigenvalue weighted by molar-refractivity contribution is 5.49. The van der Waals surface area contributed by atoms with Crippen LogP contribution in [0.15, 0.2) is 47.4 Å². The summed E-state index contributed by atoms with van der Waals surface area (Å²) in [4.78, 5) is 11.6. The van der Waals surface area contributed by atoms with Gasteiger partial charge < -0.3 is 5.32 Å². The zero-order valence-corrected chi connectivity index (χ0v) is 10.0. The second-order valence-corrected chi connectivity index (χ2v) is 4.43. The lowest BCUT2D eigenvalue weighted by molar-refractivity contribution is 0.644. The molecule has 0 fully saturated rings. The summed E-state index contributed by atoms with van der Waals surface area (Å²) < 4.78 is 1.48. The highest BCUT2D eigenvalue weighted by Gasteiger charge is 2.08. The molecule has 1 aliphatic heterocycles. The number of rotatable bonds is 2. The molecule has 2 N–H and O–H groups in total. The number of fused-ring (bicyclic) bond motifs is 1. The highest BCUT2D eigenvalue weighted by atomic mass is 16.1. The van der Waals surface area contributed by atoms with Crippen LogP contribution < -0.4 is 16.3 Å². The largest absolute Gasteiger partial charge is 0.312 e. The Morgan fingerprint density at radius 2 is 2.11 bits per heavy atom. The van der Waals surface area contributed by atoms with Gasteiger partial charge >= 0.3 is 0 Å². The molecule has 2 aromatic rings. The van der Waals surface area contributed by atoms with Crippen LogP contribution in [0, 0.1) is 0 Å². The maximum Gasteiger partial charge on any atom is 0.269 e. The lowest BCUT2D eigenvalue weighted by Crippen LogP contribution is -2.26. The summed E-state index contributed by atoms with van der Waals surface area (Å²) in [5, 5.41) is 3.35. The molecule has 1 aliphatic rings. The van der Waals surface area contributed by atoms with E-state index < -0.39 is 0 Å². The number of nitrogens with zero attached hydrogens (tertiary/aromatic N) is 1. The van der Waals surface area contributed by atoms with Crippen LogP contribution in [0.1, 0.15) is 11.1 Å². The molecule has 0 saturated heterocycles. The van der Waals surface area contributed by atoms with E-state index in [-0.39, 0.29) is 5.56 Å². The van der Waals surface area contributed by atoms with Crippen molar-refractivity contribution in [3.63, 3.8) is 0 Å². The normalized spacial score (nSPS) is 14.0. The van der Waals surface area contributed by atoms with Crippen molar-refractivity contribution in [3.8, 4) is 0 Å². The van der Waals surface area contributed by atoms with E-state index in [1.54, 1.807) is 12.3 Å². The second-order valence-electron chi connectivity index (χ2n) is 4.43. The fourth-order valence-electron chi connectivity index (χ4n) is 2.21. The number of aromatic nitrogens is 1. The SMILES string of the molecule is O=c1ccccn1Nc1ccc2c(c1)CNCC2. The van der Waals surface area contributed by atoms with Crippen LogP contribution in [0.3, 0.4) is 0 Å². The second kappa shape index (κ2) is 4.66. The summed E-state index contributed by atoms with van der Waals surface area (Å²) in [6.07, 6.45) is 2.79. The van der Waals surface area contributed by atoms with E-state index in [0.29, 0.717) is 0 Å². The van der Waals surface area contributed by atoms with E-state index in [0.717, 1.165) is 25.2 Å². The molecule has 0 radical (unpaired) electrons. The monoisotopic (exact) mass is 241 g/mol. The molecule has 0 atom stereocenters. The Kier molecular flexibility index (Phi) is 2.86. The quantitative estimate of drug-likeness (QED) is 0.834. The third-order valence-electron chi connectivity index (χ3n) is 3.16. The maximum absolute atomic E-state index is 11.6. The van der Waals surface area contributed by atoms with Crippen molar-refractivity contribution in [3.05, 3.63) is 64.1 Å². The van der Waals surface area contributed by atoms with Gasteiger partial charge in [0, 0.05) is 18.8 Å². The molecule has 1 aromatic carbocycles. The molecule has 0 amide bonds. The zero-order chi connectivity index (χ0) is 12.4. The first kappa shape index (κ1) is 11.0. The molecule has 0 saturated carbocycles. The summed E-state index contributed by atoms with van der Waals surface area (Å²) in [5.74, 6) is 0. The minimum absolute atomic E-state index is 0.0617. The topological polar surface area (TPSA) is 46.1 Å². The van der Waals surface area contributed by atoms with Crippen LogP contribution >= 0.6 is 0 Å². The molecule has 0 spiro atoms. The first-order chi connectivity index (χ1) is 8.83. The number of nitrogens with one attached hydrogen (secondary N) is 2. The molecule has 0 unspecified atom stereocenters. The minimum atomic E-state index is -0.0617. The molecular weight excluding hydrogens is 226 g/mol. The zero-order valence-electron chi connectivity index (χ0n) is 10.0. The van der Waals surface area contributed by atoms with Gasteiger partial charge in [0.1, 0.15) is 0 Å². The first-order valence-corrected chi connectivity index (χ1v) is 6.10. The Hall–Kier alpha value is -2.07. The summed E-state index contributed by atoms with van der Waals surface area (Å²) >= 11 is 0. The lowest BCUT2D eigenvalue weighted by atomic mass is 10.0. The average molecular weight is 241 g/mol. The Morgan fingerprint density at radius 3 is 3.00 bits per heavy atom. The van der Waals surface area contributed by atoms with Gasteiger partial charge in [-0.05, 0) is 42.3 Å². The van der Waals surface area contributed by atoms with Gasteiger partial charge in [-0.3, -0.25) is 10.2 Å². The van der Waals surface area contributed by atoms with Gasteiger partial charge in [0.2, 0.25) is 0 Å². The van der Waals surface area contributed by atoms with Crippen LogP contribution in [-0.4, -0.2) is 11.2 Å². The van der Waals surface area contributed by atoms with Crippen molar-refractivity contribution in [2.75, 3.05) is 12.0 Å². The Labute approximate surface area is 105 Å². The summed E-state index contributed by atoms with van der Waals surface area (Å²) in [6, 6.07) is 11.3. The van der Waals surface area contributed by atoms with Crippen molar-refractivity contribution in [2.45, 2.75) is 13.0 Å². The van der Waals surface area contributed by atoms with Crippen LogP contribution in [0.25, 0.3) is 0 Å². The van der Waals surface area contributed by atoms with Gasteiger partial charge in [0.25, 0.3) is 5.56 Å². The molecule has 4 nitrogen and oxygen atoms in total. The Morgan fingerprint density at radius 1 is 1.17 bits per heavy atom. The fraction of sp³-hybridized carbons (Fsp3) is 0.214. The first-order valence-electron chi connectivity index (χ1n) is 6.10. The van der Waals surface area contributed by atoms with E-state index in [1.807, 2.05) is 12.1 Å². The van der Waals surface area contributed by atoms with Gasteiger partial charge in [-0.15, -0.1) is 0 Å². The number of pyridine rings is 1. The molecule has 2 heterocycles. The van der Waals surface area contributed by atoms with Crippen LogP contribution in [-0.2, 0) is 13.0 Å². The van der Waals surface area contributed by atoms with E-state index >= 15 is 0 Å². The Bertz CT molecular complexity index is 618. The molecule has 0 bridgehead atoms. The van der Waals surface area contributed by atoms with Gasteiger partial charge in [-0.25, -0.2) is 4.68 Å². The third-order valence-corrected chi connectivity index (χ3v) is 3.16. The van der Waals surface area contributed by atoms with Gasteiger partial charge in [0.15, 0.2) is 0 Å². The van der Waals surface area contributed by atoms with E-state index in [4.69, 9.17) is 0 Å². The number of hydrogen-bond donors (Lipinski definition) is 2. The minimum Gasteiger partial charge on any atom is -0.312 e. The molecule has 0 aliphatic carbocycles. The van der Waals surface area contributed by atoms with E-state index in [9.17, 15) is 4.79 Å². The summed E-state index contributed by atoms with van der Waals surface area (Å²) in [5.41, 5.74) is 6.66. The van der Waals surface area contributed by atoms with Gasteiger partial charge in [-0.1, -0.05) is 12.1 Å². The predicted molar refractivity (Wildman–Crippen MR) is 71.6 cm³/mol. The van der Waals surface area contributed by atoms with Crippen LogP contribution in [0.4, 0.5) is 5.69 Å². The van der Waals surface area contributed by atoms with Crippen LogP contribution in [0.5, 0.6) is 0 Å². The van der Waals surface area contributed by atoms with E-state index in [2.05, 4.69) is 22.9 Å². The van der Waals surface area contributed by atoms with Crippen molar-refractivity contribution in [2.24, 2.45) is 0 Å². The maximum atomic E-state index is 11.6. The standard InChI is InChI=1S/C14H15N3O/c18-14-3-1-2-8-17(14)16-13-5-4-11-6-7-15-10-12(11)9-13/h1-5,8-9,15-16H,6-7,10H2. The van der Waals surface area contributed by atoms with Crippen molar-refractivity contribution in [1.82, 2.24) is 9.99 Å². The van der Waals surface area contributed by atoms with Crippen molar-refractivity contribution < 1.29 is 0 Å². The van der Waals surface area contributed by atoms with Crippen LogP contribution in [0.2, 0.25) is 0 Å². The summed E-state index contributed by atoms with van der Waals surface area (Å²) in [6.45, 7) is 1.94. The van der Waals surface area contributed by atoms with Crippen molar-refractivity contribution >= 4 is 5.69 Å². The number of benzene rings is 1. The molecular formula is C14H15N3O. The lowest BCUT2D eigenvalue weighted by Gasteiger charge is -2.18. The molecule has 92 valence electrons. The highest BCUT2D eigenvalue weighted by Crippen LogP contribution is 2.18. The number of hydrogen-bond acceptors (Lipinski definition) is 3. The van der Waals surface area contributed by atoms with Gasteiger partial charge in [0.05, 0.1) is 5.69 Å². The third kappa shape index (κ3) is 2.15. The van der Waals surface area contributed by atoms with Crippen molar-refractivity contribution in [1.29, 1.82) is 0 Å². The van der Waals surface area contributed by atoms with E-state index in [1.165, 1.54) is 21.9 Å². The predicted octanol–water partition coefficient (Wildman–Crippen LogP) is 1.37. The molecule has 18 heavy (non-hydrogen) atoms. The smallest absolute Gasteiger partial charge is 0.269 e. The van der Waals surface area contributed by atoms with Gasteiger partial charge in [-0.2, -0.15) is 0 Å². The molecule has 4 heteroatoms. The average Bonchev–Trinajstić information content (AvgIpc) is 2.41. The molecule has 1 aromatic heterocycles.